The zero-order valence-electron chi connectivity index (χ0n) is 13.1. The molecule has 0 spiro atoms. The van der Waals surface area contributed by atoms with Crippen LogP contribution in [0, 0.1) is 0 Å². The number of carbonyl (C=O) groups excluding carboxylic acids is 3. The summed E-state index contributed by atoms with van der Waals surface area (Å²) in [6, 6.07) is 4.68. The molecule has 1 fully saturated rings. The van der Waals surface area contributed by atoms with E-state index in [9.17, 15) is 19.2 Å². The van der Waals surface area contributed by atoms with Gasteiger partial charge in [0.05, 0.1) is 12.0 Å². The van der Waals surface area contributed by atoms with Crippen molar-refractivity contribution in [3.8, 4) is 11.5 Å². The summed E-state index contributed by atoms with van der Waals surface area (Å²) < 4.78 is 10.3. The molecule has 1 aliphatic heterocycles. The Morgan fingerprint density at radius 3 is 2.64 bits per heavy atom. The molecule has 1 aliphatic rings. The van der Waals surface area contributed by atoms with Crippen LogP contribution in [-0.2, 0) is 14.4 Å². The molecule has 9 nitrogen and oxygen atoms in total. The molecule has 3 amide bonds. The van der Waals surface area contributed by atoms with Gasteiger partial charge in [0.15, 0.2) is 18.1 Å². The first-order chi connectivity index (χ1) is 11.8. The Hall–Kier alpha value is -3.01. The van der Waals surface area contributed by atoms with Gasteiger partial charge < -0.3 is 20.3 Å². The van der Waals surface area contributed by atoms with Crippen molar-refractivity contribution in [3.63, 3.8) is 0 Å². The number of methoxy groups -OCH3 is 1. The van der Waals surface area contributed by atoms with E-state index in [4.69, 9.17) is 20.3 Å². The predicted octanol–water partition coefficient (Wildman–Crippen LogP) is 0.680. The van der Waals surface area contributed by atoms with Gasteiger partial charge in [-0.25, -0.2) is 0 Å². The molecule has 0 saturated carbocycles. The van der Waals surface area contributed by atoms with Gasteiger partial charge in [0.1, 0.15) is 6.54 Å². The number of aliphatic carboxylic acids is 1. The largest absolute Gasteiger partial charge is 0.493 e. The molecule has 1 heterocycles. The molecule has 1 saturated heterocycles. The SMILES string of the molecule is COc1ccc(/C=C2\SC(=O)N(CC(=O)O)C2=O)cc1OCC(N)=O. The Bertz CT molecular complexity index is 775. The number of nitrogens with two attached hydrogens (primary N) is 1. The number of carbonyl (C=O) groups is 4. The molecule has 0 unspecified atom stereocenters. The van der Waals surface area contributed by atoms with Crippen molar-refractivity contribution >= 4 is 40.9 Å². The summed E-state index contributed by atoms with van der Waals surface area (Å²) in [6.07, 6.45) is 1.42. The van der Waals surface area contributed by atoms with Crippen LogP contribution >= 0.6 is 11.8 Å². The molecule has 2 rings (SSSR count). The minimum absolute atomic E-state index is 0.0808. The smallest absolute Gasteiger partial charge is 0.323 e. The van der Waals surface area contributed by atoms with E-state index >= 15 is 0 Å². The number of carboxylic acid groups (broad SMARTS) is 1. The van der Waals surface area contributed by atoms with Gasteiger partial charge in [-0.05, 0) is 35.5 Å². The molecule has 132 valence electrons. The van der Waals surface area contributed by atoms with Crippen LogP contribution in [0.4, 0.5) is 4.79 Å². The molecule has 10 heteroatoms. The van der Waals surface area contributed by atoms with E-state index in [-0.39, 0.29) is 17.3 Å². The van der Waals surface area contributed by atoms with Crippen LogP contribution in [0.2, 0.25) is 0 Å². The van der Waals surface area contributed by atoms with Crippen LogP contribution in [0.1, 0.15) is 5.56 Å². The first-order valence-electron chi connectivity index (χ1n) is 6.88. The topological polar surface area (TPSA) is 136 Å². The fourth-order valence-corrected chi connectivity index (χ4v) is 2.81. The van der Waals surface area contributed by atoms with E-state index in [2.05, 4.69) is 0 Å². The fourth-order valence-electron chi connectivity index (χ4n) is 1.97. The number of primary amides is 1. The highest BCUT2D eigenvalue weighted by Gasteiger charge is 2.36. The number of hydrogen-bond acceptors (Lipinski definition) is 7. The van der Waals surface area contributed by atoms with Crippen LogP contribution in [0.3, 0.4) is 0 Å². The normalized spacial score (nSPS) is 15.6. The summed E-state index contributed by atoms with van der Waals surface area (Å²) in [5.74, 6) is -2.04. The lowest BCUT2D eigenvalue weighted by Crippen LogP contribution is -2.33. The number of carboxylic acids is 1. The molecule has 1 aromatic rings. The first kappa shape index (κ1) is 18.3. The van der Waals surface area contributed by atoms with Gasteiger partial charge in [-0.2, -0.15) is 0 Å². The highest BCUT2D eigenvalue weighted by atomic mass is 32.2. The molecule has 0 bridgehead atoms. The van der Waals surface area contributed by atoms with Crippen molar-refractivity contribution in [1.29, 1.82) is 0 Å². The van der Waals surface area contributed by atoms with Gasteiger partial charge in [-0.3, -0.25) is 24.1 Å². The van der Waals surface area contributed by atoms with Crippen molar-refractivity contribution < 1.29 is 33.8 Å². The van der Waals surface area contributed by atoms with Gasteiger partial charge >= 0.3 is 5.97 Å². The Labute approximate surface area is 146 Å². The number of hydrogen-bond donors (Lipinski definition) is 2. The Morgan fingerprint density at radius 2 is 2.04 bits per heavy atom. The predicted molar refractivity (Wildman–Crippen MR) is 88.0 cm³/mol. The van der Waals surface area contributed by atoms with Crippen LogP contribution in [-0.4, -0.2) is 53.3 Å². The fraction of sp³-hybridized carbons (Fsp3) is 0.200. The number of rotatable bonds is 7. The number of imide groups is 1. The monoisotopic (exact) mass is 366 g/mol. The minimum atomic E-state index is -1.28. The lowest BCUT2D eigenvalue weighted by Gasteiger charge is -2.10. The van der Waals surface area contributed by atoms with E-state index in [1.807, 2.05) is 0 Å². The molecule has 0 radical (unpaired) electrons. The number of ether oxygens (including phenoxy) is 2. The molecule has 3 N–H and O–H groups in total. The van der Waals surface area contributed by atoms with Gasteiger partial charge in [0, 0.05) is 0 Å². The van der Waals surface area contributed by atoms with Crippen LogP contribution in [0.15, 0.2) is 23.1 Å². The molecule has 0 aliphatic carbocycles. The quantitative estimate of drug-likeness (QED) is 0.672. The van der Waals surface area contributed by atoms with E-state index < -0.39 is 29.6 Å². The molecular weight excluding hydrogens is 352 g/mol. The molecular formula is C15H14N2O7S. The van der Waals surface area contributed by atoms with E-state index in [0.717, 1.165) is 0 Å². The standard InChI is InChI=1S/C15H14N2O7S/c1-23-9-3-2-8(4-10(9)24-7-12(16)18)5-11-14(21)17(6-13(19)20)15(22)25-11/h2-5H,6-7H2,1H3,(H2,16,18)(H,19,20)/b11-5-. The first-order valence-corrected chi connectivity index (χ1v) is 7.69. The van der Waals surface area contributed by atoms with E-state index in [1.165, 1.54) is 19.3 Å². The third-order valence-corrected chi connectivity index (χ3v) is 3.93. The number of thioether (sulfide) groups is 1. The van der Waals surface area contributed by atoms with Crippen molar-refractivity contribution in [1.82, 2.24) is 4.90 Å². The number of benzene rings is 1. The summed E-state index contributed by atoms with van der Waals surface area (Å²) in [5.41, 5.74) is 5.54. The average Bonchev–Trinajstić information content (AvgIpc) is 2.80. The third kappa shape index (κ3) is 4.51. The van der Waals surface area contributed by atoms with Gasteiger partial charge in [-0.15, -0.1) is 0 Å². The summed E-state index contributed by atoms with van der Waals surface area (Å²) in [6.45, 7) is -1.05. The zero-order valence-corrected chi connectivity index (χ0v) is 13.9. The second-order valence-corrected chi connectivity index (χ2v) is 5.82. The maximum atomic E-state index is 12.1. The summed E-state index contributed by atoms with van der Waals surface area (Å²) in [4.78, 5) is 46.1. The Kier molecular flexibility index (Phi) is 5.65. The third-order valence-electron chi connectivity index (χ3n) is 3.02. The van der Waals surface area contributed by atoms with Crippen LogP contribution in [0.25, 0.3) is 6.08 Å². The van der Waals surface area contributed by atoms with Crippen LogP contribution < -0.4 is 15.2 Å². The minimum Gasteiger partial charge on any atom is -0.493 e. The molecule has 0 aromatic heterocycles. The molecule has 25 heavy (non-hydrogen) atoms. The van der Waals surface area contributed by atoms with Gasteiger partial charge in [0.25, 0.3) is 17.1 Å². The summed E-state index contributed by atoms with van der Waals surface area (Å²) >= 11 is 0.642. The second-order valence-electron chi connectivity index (χ2n) is 4.83. The highest BCUT2D eigenvalue weighted by molar-refractivity contribution is 8.18. The Morgan fingerprint density at radius 1 is 1.32 bits per heavy atom. The van der Waals surface area contributed by atoms with Gasteiger partial charge in [0.2, 0.25) is 0 Å². The van der Waals surface area contributed by atoms with Gasteiger partial charge in [-0.1, -0.05) is 6.07 Å². The molecule has 1 aromatic carbocycles. The van der Waals surface area contributed by atoms with E-state index in [0.29, 0.717) is 28.0 Å². The van der Waals surface area contributed by atoms with E-state index in [1.54, 1.807) is 12.1 Å². The maximum absolute atomic E-state index is 12.1. The van der Waals surface area contributed by atoms with Crippen molar-refractivity contribution in [2.75, 3.05) is 20.3 Å². The lowest BCUT2D eigenvalue weighted by molar-refractivity contribution is -0.140. The van der Waals surface area contributed by atoms with Crippen molar-refractivity contribution in [2.45, 2.75) is 0 Å². The second kappa shape index (κ2) is 7.71. The number of amides is 3. The summed E-state index contributed by atoms with van der Waals surface area (Å²) in [7, 11) is 1.42. The lowest BCUT2D eigenvalue weighted by atomic mass is 10.2. The summed E-state index contributed by atoms with van der Waals surface area (Å²) in [5, 5.41) is 8.09. The average molecular weight is 366 g/mol. The van der Waals surface area contributed by atoms with Crippen molar-refractivity contribution in [3.05, 3.63) is 28.7 Å². The molecule has 0 atom stereocenters. The maximum Gasteiger partial charge on any atom is 0.323 e. The highest BCUT2D eigenvalue weighted by Crippen LogP contribution is 2.34. The number of nitrogens with zero attached hydrogens (tertiary/aromatic N) is 1. The Balaban J connectivity index is 2.27. The van der Waals surface area contributed by atoms with Crippen LogP contribution in [0.5, 0.6) is 11.5 Å². The zero-order chi connectivity index (χ0) is 18.6. The van der Waals surface area contributed by atoms with Crippen molar-refractivity contribution in [2.24, 2.45) is 5.73 Å².